The van der Waals surface area contributed by atoms with Crippen LogP contribution in [0.3, 0.4) is 0 Å². The van der Waals surface area contributed by atoms with Crippen LogP contribution < -0.4 is 24.6 Å². The van der Waals surface area contributed by atoms with E-state index in [0.29, 0.717) is 44.9 Å². The second-order valence-electron chi connectivity index (χ2n) is 9.25. The summed E-state index contributed by atoms with van der Waals surface area (Å²) < 4.78 is 27.6. The van der Waals surface area contributed by atoms with Crippen molar-refractivity contribution in [3.05, 3.63) is 92.3 Å². The second-order valence-corrected chi connectivity index (χ2v) is 10.1. The van der Waals surface area contributed by atoms with Crippen LogP contribution in [-0.4, -0.2) is 41.1 Å². The first-order chi connectivity index (χ1) is 19.8. The maximum atomic E-state index is 13.6. The molecule has 2 aromatic carbocycles. The zero-order valence-electron chi connectivity index (χ0n) is 24.0. The third-order valence-electron chi connectivity index (χ3n) is 6.72. The number of hydrogen-bond acceptors (Lipinski definition) is 8. The molecule has 11 heteroatoms. The number of methoxy groups -OCH3 is 3. The fourth-order valence-electron chi connectivity index (χ4n) is 4.51. The van der Waals surface area contributed by atoms with Crippen molar-refractivity contribution < 1.29 is 18.6 Å². The van der Waals surface area contributed by atoms with Crippen LogP contribution in [0.1, 0.15) is 24.1 Å². The molecule has 5 aromatic rings. The first-order valence-corrected chi connectivity index (χ1v) is 13.7. The average Bonchev–Trinajstić information content (AvgIpc) is 3.65. The summed E-state index contributed by atoms with van der Waals surface area (Å²) in [6.45, 7) is 5.62. The van der Waals surface area contributed by atoms with Gasteiger partial charge in [-0.15, -0.1) is 11.3 Å². The first kappa shape index (κ1) is 27.8. The first-order valence-electron chi connectivity index (χ1n) is 12.8. The molecular formula is C30H31N5O5S. The number of aryl methyl sites for hydroxylation is 1. The van der Waals surface area contributed by atoms with Gasteiger partial charge in [-0.05, 0) is 57.2 Å². The SMILES string of the molecule is COc1cc(-c2csc(=Nc3c(C)n(C)n(-c4ccccc4)c3=O)n2N=C(C)c2ccc(C)o2)cc(OC)c1OC. The summed E-state index contributed by atoms with van der Waals surface area (Å²) in [5, 5.41) is 6.83. The average molecular weight is 574 g/mol. The van der Waals surface area contributed by atoms with Crippen LogP contribution in [0.2, 0.25) is 0 Å². The summed E-state index contributed by atoms with van der Waals surface area (Å²) in [7, 11) is 6.54. The molecule has 0 aliphatic rings. The largest absolute Gasteiger partial charge is 0.493 e. The number of para-hydroxylation sites is 1. The molecule has 0 aliphatic heterocycles. The molecule has 0 atom stereocenters. The zero-order valence-corrected chi connectivity index (χ0v) is 24.8. The van der Waals surface area contributed by atoms with Crippen molar-refractivity contribution >= 4 is 22.7 Å². The highest BCUT2D eigenvalue weighted by Crippen LogP contribution is 2.41. The Bertz CT molecular complexity index is 1850. The fourth-order valence-corrected chi connectivity index (χ4v) is 5.34. The van der Waals surface area contributed by atoms with Gasteiger partial charge in [0.15, 0.2) is 17.2 Å². The van der Waals surface area contributed by atoms with E-state index in [4.69, 9.17) is 28.7 Å². The molecule has 41 heavy (non-hydrogen) atoms. The lowest BCUT2D eigenvalue weighted by molar-refractivity contribution is 0.324. The van der Waals surface area contributed by atoms with Crippen LogP contribution in [0.5, 0.6) is 17.2 Å². The monoisotopic (exact) mass is 573 g/mol. The van der Waals surface area contributed by atoms with Crippen molar-refractivity contribution in [1.29, 1.82) is 0 Å². The Morgan fingerprint density at radius 3 is 2.22 bits per heavy atom. The number of nitrogens with zero attached hydrogens (tertiary/aromatic N) is 5. The smallest absolute Gasteiger partial charge is 0.297 e. The molecule has 3 aromatic heterocycles. The van der Waals surface area contributed by atoms with Gasteiger partial charge in [0.2, 0.25) is 10.6 Å². The molecule has 0 N–H and O–H groups in total. The van der Waals surface area contributed by atoms with E-state index >= 15 is 0 Å². The third-order valence-corrected chi connectivity index (χ3v) is 7.54. The molecule has 0 amide bonds. The fraction of sp³-hybridized carbons (Fsp3) is 0.233. The van der Waals surface area contributed by atoms with Gasteiger partial charge in [-0.1, -0.05) is 18.2 Å². The molecule has 0 saturated heterocycles. The molecule has 0 aliphatic carbocycles. The summed E-state index contributed by atoms with van der Waals surface area (Å²) in [6.07, 6.45) is 0. The second kappa shape index (κ2) is 11.4. The highest BCUT2D eigenvalue weighted by molar-refractivity contribution is 7.07. The van der Waals surface area contributed by atoms with Crippen LogP contribution in [0.4, 0.5) is 5.69 Å². The number of benzene rings is 2. The Balaban J connectivity index is 1.76. The minimum atomic E-state index is -0.229. The van der Waals surface area contributed by atoms with Gasteiger partial charge in [-0.25, -0.2) is 14.4 Å². The van der Waals surface area contributed by atoms with Crippen molar-refractivity contribution in [3.63, 3.8) is 0 Å². The molecule has 10 nitrogen and oxygen atoms in total. The minimum absolute atomic E-state index is 0.229. The number of aromatic nitrogens is 3. The van der Waals surface area contributed by atoms with Crippen molar-refractivity contribution in [2.45, 2.75) is 20.8 Å². The van der Waals surface area contributed by atoms with Gasteiger partial charge >= 0.3 is 0 Å². The Hall–Kier alpha value is -4.77. The van der Waals surface area contributed by atoms with Crippen molar-refractivity contribution in [1.82, 2.24) is 14.0 Å². The lowest BCUT2D eigenvalue weighted by Gasteiger charge is -2.14. The number of hydrogen-bond donors (Lipinski definition) is 0. The normalized spacial score (nSPS) is 12.2. The molecular weight excluding hydrogens is 542 g/mol. The van der Waals surface area contributed by atoms with Gasteiger partial charge < -0.3 is 18.6 Å². The number of ether oxygens (including phenoxy) is 3. The Kier molecular flexibility index (Phi) is 7.71. The lowest BCUT2D eigenvalue weighted by atomic mass is 10.1. The van der Waals surface area contributed by atoms with Gasteiger partial charge in [-0.3, -0.25) is 9.48 Å². The topological polar surface area (TPSA) is 97.4 Å². The van der Waals surface area contributed by atoms with E-state index in [9.17, 15) is 4.79 Å². The molecule has 212 valence electrons. The third kappa shape index (κ3) is 5.11. The molecule has 0 fully saturated rings. The van der Waals surface area contributed by atoms with Gasteiger partial charge in [0.25, 0.3) is 5.56 Å². The minimum Gasteiger partial charge on any atom is -0.493 e. The molecule has 0 saturated carbocycles. The van der Waals surface area contributed by atoms with Gasteiger partial charge in [0, 0.05) is 18.0 Å². The van der Waals surface area contributed by atoms with Gasteiger partial charge in [0.05, 0.1) is 38.4 Å². The summed E-state index contributed by atoms with van der Waals surface area (Å²) >= 11 is 1.36. The van der Waals surface area contributed by atoms with E-state index in [1.807, 2.05) is 87.8 Å². The predicted molar refractivity (Wildman–Crippen MR) is 159 cm³/mol. The highest BCUT2D eigenvalue weighted by Gasteiger charge is 2.20. The van der Waals surface area contributed by atoms with Crippen LogP contribution in [0.15, 0.2) is 79.3 Å². The molecule has 0 bridgehead atoms. The summed E-state index contributed by atoms with van der Waals surface area (Å²) in [5.74, 6) is 2.90. The highest BCUT2D eigenvalue weighted by atomic mass is 32.1. The van der Waals surface area contributed by atoms with E-state index in [1.165, 1.54) is 11.3 Å². The van der Waals surface area contributed by atoms with Crippen molar-refractivity contribution in [2.24, 2.45) is 17.1 Å². The van der Waals surface area contributed by atoms with Crippen LogP contribution in [0.25, 0.3) is 16.9 Å². The summed E-state index contributed by atoms with van der Waals surface area (Å²) in [6, 6.07) is 16.9. The maximum Gasteiger partial charge on any atom is 0.297 e. The molecule has 0 spiro atoms. The number of rotatable bonds is 8. The van der Waals surface area contributed by atoms with Crippen LogP contribution in [-0.2, 0) is 7.05 Å². The molecule has 3 heterocycles. The van der Waals surface area contributed by atoms with E-state index < -0.39 is 0 Å². The molecule has 0 unspecified atom stereocenters. The Morgan fingerprint density at radius 2 is 1.63 bits per heavy atom. The van der Waals surface area contributed by atoms with Crippen LogP contribution in [0, 0.1) is 13.8 Å². The number of furan rings is 1. The molecule has 5 rings (SSSR count). The van der Waals surface area contributed by atoms with Crippen molar-refractivity contribution in [2.75, 3.05) is 21.3 Å². The molecule has 0 radical (unpaired) electrons. The maximum absolute atomic E-state index is 13.6. The Morgan fingerprint density at radius 1 is 0.951 bits per heavy atom. The quantitative estimate of drug-likeness (QED) is 0.230. The Labute approximate surface area is 241 Å². The van der Waals surface area contributed by atoms with Crippen molar-refractivity contribution in [3.8, 4) is 34.2 Å². The van der Waals surface area contributed by atoms with E-state index in [1.54, 1.807) is 35.4 Å². The van der Waals surface area contributed by atoms with Crippen LogP contribution >= 0.6 is 11.3 Å². The number of thiazole rings is 1. The van der Waals surface area contributed by atoms with E-state index in [0.717, 1.165) is 22.7 Å². The van der Waals surface area contributed by atoms with E-state index in [-0.39, 0.29) is 5.56 Å². The zero-order chi connectivity index (χ0) is 29.3. The summed E-state index contributed by atoms with van der Waals surface area (Å²) in [4.78, 5) is 19.0. The van der Waals surface area contributed by atoms with Gasteiger partial charge in [0.1, 0.15) is 17.2 Å². The van der Waals surface area contributed by atoms with E-state index in [2.05, 4.69) is 0 Å². The summed E-state index contributed by atoms with van der Waals surface area (Å²) in [5.41, 5.74) is 3.68. The lowest BCUT2D eigenvalue weighted by Crippen LogP contribution is -2.20. The predicted octanol–water partition coefficient (Wildman–Crippen LogP) is 5.45. The standard InChI is InChI=1S/C30H31N5O5S/c1-18-13-14-24(40-18)19(2)32-34-23(21-15-25(37-5)28(39-7)26(16-21)38-6)17-41-30(34)31-27-20(3)33(4)35(29(27)36)22-11-9-8-10-12-22/h8-17H,1-7H3. The van der Waals surface area contributed by atoms with Gasteiger partial charge in [-0.2, -0.15) is 5.10 Å².